The number of aryl methyl sites for hydroxylation is 2. The molecule has 130 valence electrons. The van der Waals surface area contributed by atoms with E-state index in [1.165, 1.54) is 6.07 Å². The lowest BCUT2D eigenvalue weighted by atomic mass is 10.1. The van der Waals surface area contributed by atoms with Gasteiger partial charge in [-0.15, -0.1) is 0 Å². The Bertz CT molecular complexity index is 800. The maximum absolute atomic E-state index is 11.9. The van der Waals surface area contributed by atoms with E-state index < -0.39 is 11.9 Å². The van der Waals surface area contributed by atoms with Gasteiger partial charge in [0.2, 0.25) is 0 Å². The molecule has 0 unspecified atom stereocenters. The van der Waals surface area contributed by atoms with Gasteiger partial charge < -0.3 is 15.2 Å². The molecular formula is C18H18N2O4S. The summed E-state index contributed by atoms with van der Waals surface area (Å²) in [6.45, 7) is 3.68. The van der Waals surface area contributed by atoms with Crippen molar-refractivity contribution in [2.45, 2.75) is 13.8 Å². The van der Waals surface area contributed by atoms with Gasteiger partial charge in [0.25, 0.3) is 5.91 Å². The largest absolute Gasteiger partial charge is 0.484 e. The van der Waals surface area contributed by atoms with E-state index in [1.807, 2.05) is 32.0 Å². The van der Waals surface area contributed by atoms with Gasteiger partial charge in [0.05, 0.1) is 11.3 Å². The topological polar surface area (TPSA) is 87.7 Å². The van der Waals surface area contributed by atoms with Crippen molar-refractivity contribution in [2.75, 3.05) is 11.9 Å². The molecule has 3 N–H and O–H groups in total. The zero-order valence-electron chi connectivity index (χ0n) is 13.8. The average Bonchev–Trinajstić information content (AvgIpc) is 2.52. The van der Waals surface area contributed by atoms with E-state index in [0.29, 0.717) is 11.4 Å². The maximum Gasteiger partial charge on any atom is 0.337 e. The summed E-state index contributed by atoms with van der Waals surface area (Å²) in [6, 6.07) is 12.0. The maximum atomic E-state index is 11.9. The number of nitrogens with one attached hydrogen (secondary N) is 2. The van der Waals surface area contributed by atoms with E-state index in [1.54, 1.807) is 18.2 Å². The second-order valence-electron chi connectivity index (χ2n) is 5.47. The second-order valence-corrected chi connectivity index (χ2v) is 5.87. The van der Waals surface area contributed by atoms with Gasteiger partial charge in [-0.2, -0.15) is 0 Å². The Morgan fingerprint density at radius 1 is 1.12 bits per heavy atom. The first-order chi connectivity index (χ1) is 11.8. The number of hydrogen-bond donors (Lipinski definition) is 3. The highest BCUT2D eigenvalue weighted by Gasteiger charge is 2.12. The zero-order valence-corrected chi connectivity index (χ0v) is 14.6. The molecule has 0 heterocycles. The van der Waals surface area contributed by atoms with E-state index >= 15 is 0 Å². The predicted octanol–water partition coefficient (Wildman–Crippen LogP) is 2.89. The van der Waals surface area contributed by atoms with Gasteiger partial charge in [0.15, 0.2) is 11.7 Å². The Kier molecular flexibility index (Phi) is 6.08. The van der Waals surface area contributed by atoms with Crippen molar-refractivity contribution in [2.24, 2.45) is 0 Å². The quantitative estimate of drug-likeness (QED) is 0.713. The lowest BCUT2D eigenvalue weighted by Crippen LogP contribution is -2.37. The molecule has 0 bridgehead atoms. The van der Waals surface area contributed by atoms with Crippen molar-refractivity contribution >= 4 is 34.9 Å². The summed E-state index contributed by atoms with van der Waals surface area (Å²) in [5.41, 5.74) is 2.44. The van der Waals surface area contributed by atoms with E-state index in [4.69, 9.17) is 22.1 Å². The molecule has 25 heavy (non-hydrogen) atoms. The standard InChI is InChI=1S/C18H18N2O4S/c1-11-7-12(2)9-13(8-11)24-10-16(21)20-18(25)19-15-6-4-3-5-14(15)17(22)23/h3-9H,10H2,1-2H3,(H,22,23)(H2,19,20,21,25). The fourth-order valence-electron chi connectivity index (χ4n) is 2.26. The minimum atomic E-state index is -1.09. The lowest BCUT2D eigenvalue weighted by Gasteiger charge is -2.12. The molecule has 2 aromatic carbocycles. The molecule has 0 atom stereocenters. The number of ether oxygens (including phenoxy) is 1. The van der Waals surface area contributed by atoms with Crippen LogP contribution in [-0.4, -0.2) is 28.7 Å². The third-order valence-electron chi connectivity index (χ3n) is 3.22. The first-order valence-electron chi connectivity index (χ1n) is 7.49. The summed E-state index contributed by atoms with van der Waals surface area (Å²) < 4.78 is 5.45. The Morgan fingerprint density at radius 3 is 2.40 bits per heavy atom. The monoisotopic (exact) mass is 358 g/mol. The van der Waals surface area contributed by atoms with Crippen LogP contribution in [0.5, 0.6) is 5.75 Å². The van der Waals surface area contributed by atoms with Crippen molar-refractivity contribution < 1.29 is 19.4 Å². The highest BCUT2D eigenvalue weighted by molar-refractivity contribution is 7.80. The fourth-order valence-corrected chi connectivity index (χ4v) is 2.48. The van der Waals surface area contributed by atoms with Crippen molar-refractivity contribution in [1.29, 1.82) is 0 Å². The number of carbonyl (C=O) groups is 2. The summed E-state index contributed by atoms with van der Waals surface area (Å²) in [7, 11) is 0. The fraction of sp³-hybridized carbons (Fsp3) is 0.167. The number of carboxylic acid groups (broad SMARTS) is 1. The van der Waals surface area contributed by atoms with Gasteiger partial charge in [-0.05, 0) is 61.5 Å². The van der Waals surface area contributed by atoms with Gasteiger partial charge in [-0.1, -0.05) is 18.2 Å². The van der Waals surface area contributed by atoms with Crippen molar-refractivity contribution in [3.05, 3.63) is 59.2 Å². The molecule has 0 saturated carbocycles. The minimum absolute atomic E-state index is 0.00252. The molecule has 6 nitrogen and oxygen atoms in total. The summed E-state index contributed by atoms with van der Waals surface area (Å²) in [5.74, 6) is -0.928. The number of carboxylic acids is 1. The highest BCUT2D eigenvalue weighted by atomic mass is 32.1. The SMILES string of the molecule is Cc1cc(C)cc(OCC(=O)NC(=S)Nc2ccccc2C(=O)O)c1. The second kappa shape index (κ2) is 8.25. The van der Waals surface area contributed by atoms with E-state index in [0.717, 1.165) is 11.1 Å². The van der Waals surface area contributed by atoms with Crippen LogP contribution < -0.4 is 15.4 Å². The van der Waals surface area contributed by atoms with Gasteiger partial charge in [0, 0.05) is 0 Å². The van der Waals surface area contributed by atoms with E-state index in [-0.39, 0.29) is 17.3 Å². The van der Waals surface area contributed by atoms with Crippen LogP contribution in [-0.2, 0) is 4.79 Å². The van der Waals surface area contributed by atoms with Crippen LogP contribution in [0.25, 0.3) is 0 Å². The Morgan fingerprint density at radius 2 is 1.76 bits per heavy atom. The van der Waals surface area contributed by atoms with Crippen LogP contribution in [0, 0.1) is 13.8 Å². The van der Waals surface area contributed by atoms with Crippen molar-refractivity contribution in [1.82, 2.24) is 5.32 Å². The number of para-hydroxylation sites is 1. The Labute approximate surface area is 150 Å². The van der Waals surface area contributed by atoms with Crippen LogP contribution in [0.15, 0.2) is 42.5 Å². The molecule has 0 saturated heterocycles. The highest BCUT2D eigenvalue weighted by Crippen LogP contribution is 2.16. The number of carbonyl (C=O) groups excluding carboxylic acids is 1. The van der Waals surface area contributed by atoms with Crippen LogP contribution in [0.4, 0.5) is 5.69 Å². The molecule has 1 amide bonds. The molecule has 0 aromatic heterocycles. The van der Waals surface area contributed by atoms with Gasteiger partial charge in [-0.25, -0.2) is 4.79 Å². The number of aromatic carboxylic acids is 1. The first kappa shape index (κ1) is 18.4. The Hall–Kier alpha value is -2.93. The molecule has 7 heteroatoms. The summed E-state index contributed by atoms with van der Waals surface area (Å²) in [4.78, 5) is 23.1. The normalized spacial score (nSPS) is 10.0. The number of rotatable bonds is 5. The molecule has 0 aliphatic rings. The van der Waals surface area contributed by atoms with Crippen molar-refractivity contribution in [3.63, 3.8) is 0 Å². The van der Waals surface area contributed by atoms with Crippen LogP contribution in [0.3, 0.4) is 0 Å². The van der Waals surface area contributed by atoms with E-state index in [9.17, 15) is 9.59 Å². The van der Waals surface area contributed by atoms with E-state index in [2.05, 4.69) is 10.6 Å². The summed E-state index contributed by atoms with van der Waals surface area (Å²) in [6.07, 6.45) is 0. The number of anilines is 1. The molecule has 2 aromatic rings. The summed E-state index contributed by atoms with van der Waals surface area (Å²) in [5, 5.41) is 14.3. The van der Waals surface area contributed by atoms with Crippen LogP contribution >= 0.6 is 12.2 Å². The van der Waals surface area contributed by atoms with Gasteiger partial charge in [0.1, 0.15) is 5.75 Å². The smallest absolute Gasteiger partial charge is 0.337 e. The molecular weight excluding hydrogens is 340 g/mol. The van der Waals surface area contributed by atoms with Crippen LogP contribution in [0.2, 0.25) is 0 Å². The number of amides is 1. The third-order valence-corrected chi connectivity index (χ3v) is 3.43. The number of hydrogen-bond acceptors (Lipinski definition) is 4. The number of benzene rings is 2. The molecule has 0 radical (unpaired) electrons. The van der Waals surface area contributed by atoms with Gasteiger partial charge >= 0.3 is 5.97 Å². The molecule has 0 spiro atoms. The van der Waals surface area contributed by atoms with Crippen molar-refractivity contribution in [3.8, 4) is 5.75 Å². The Balaban J connectivity index is 1.90. The predicted molar refractivity (Wildman–Crippen MR) is 99.2 cm³/mol. The molecule has 0 fully saturated rings. The molecule has 0 aliphatic heterocycles. The molecule has 0 aliphatic carbocycles. The van der Waals surface area contributed by atoms with Gasteiger partial charge in [-0.3, -0.25) is 10.1 Å². The summed E-state index contributed by atoms with van der Waals surface area (Å²) >= 11 is 5.04. The average molecular weight is 358 g/mol. The minimum Gasteiger partial charge on any atom is -0.484 e. The van der Waals surface area contributed by atoms with Crippen LogP contribution in [0.1, 0.15) is 21.5 Å². The zero-order chi connectivity index (χ0) is 18.4. The number of thiocarbonyl (C=S) groups is 1. The molecule has 2 rings (SSSR count). The third kappa shape index (κ3) is 5.58. The first-order valence-corrected chi connectivity index (χ1v) is 7.90. The lowest BCUT2D eigenvalue weighted by molar-refractivity contribution is -0.121.